The molecule has 5 heteroatoms. The van der Waals surface area contributed by atoms with Crippen molar-refractivity contribution in [3.8, 4) is 0 Å². The van der Waals surface area contributed by atoms with Gasteiger partial charge in [-0.05, 0) is 23.3 Å². The molecule has 1 aromatic heterocycles. The van der Waals surface area contributed by atoms with Crippen LogP contribution in [0.15, 0.2) is 60.9 Å². The normalized spacial score (nSPS) is 13.7. The molecule has 1 unspecified atom stereocenters. The molecule has 0 saturated carbocycles. The molecular formula is C17H16FN3O. The number of halogens is 1. The monoisotopic (exact) mass is 297 g/mol. The van der Waals surface area contributed by atoms with E-state index in [9.17, 15) is 9.50 Å². The Balaban J connectivity index is 1.93. The molecule has 1 heterocycles. The molecule has 0 amide bonds. The van der Waals surface area contributed by atoms with Crippen molar-refractivity contribution in [2.75, 3.05) is 0 Å². The highest BCUT2D eigenvalue weighted by molar-refractivity contribution is 5.28. The molecule has 0 aliphatic carbocycles. The second-order valence-electron chi connectivity index (χ2n) is 5.29. The third kappa shape index (κ3) is 3.20. The van der Waals surface area contributed by atoms with E-state index < -0.39 is 5.60 Å². The van der Waals surface area contributed by atoms with E-state index in [-0.39, 0.29) is 12.2 Å². The van der Waals surface area contributed by atoms with Crippen molar-refractivity contribution < 1.29 is 9.50 Å². The molecule has 3 aromatic rings. The molecule has 0 aliphatic heterocycles. The Morgan fingerprint density at radius 1 is 1.00 bits per heavy atom. The second-order valence-corrected chi connectivity index (χ2v) is 5.29. The molecule has 0 spiro atoms. The van der Waals surface area contributed by atoms with Crippen LogP contribution in [0.2, 0.25) is 0 Å². The lowest BCUT2D eigenvalue weighted by Crippen LogP contribution is -2.32. The van der Waals surface area contributed by atoms with Gasteiger partial charge in [0.1, 0.15) is 17.7 Å². The van der Waals surface area contributed by atoms with E-state index in [1.54, 1.807) is 12.1 Å². The van der Waals surface area contributed by atoms with Crippen LogP contribution in [0.5, 0.6) is 0 Å². The standard InChI is InChI=1S/C17H16FN3O/c18-15-8-6-13(7-9-15)10-17(22,11-16-19-12-20-21-16)14-4-2-1-3-5-14/h1-9,12,22H,10-11H2,(H,19,20,21). The summed E-state index contributed by atoms with van der Waals surface area (Å²) in [6.45, 7) is 0. The summed E-state index contributed by atoms with van der Waals surface area (Å²) in [5, 5.41) is 17.9. The van der Waals surface area contributed by atoms with Crippen LogP contribution in [-0.2, 0) is 18.4 Å². The van der Waals surface area contributed by atoms with Gasteiger partial charge in [0.05, 0.1) is 0 Å². The number of hydrogen-bond acceptors (Lipinski definition) is 3. The van der Waals surface area contributed by atoms with Crippen LogP contribution in [-0.4, -0.2) is 20.3 Å². The minimum atomic E-state index is -1.15. The molecule has 3 rings (SSSR count). The van der Waals surface area contributed by atoms with Crippen molar-refractivity contribution in [3.05, 3.63) is 83.7 Å². The fraction of sp³-hybridized carbons (Fsp3) is 0.176. The summed E-state index contributed by atoms with van der Waals surface area (Å²) in [4.78, 5) is 4.10. The van der Waals surface area contributed by atoms with Crippen LogP contribution in [0.1, 0.15) is 17.0 Å². The predicted molar refractivity (Wildman–Crippen MR) is 80.5 cm³/mol. The van der Waals surface area contributed by atoms with Gasteiger partial charge in [-0.25, -0.2) is 9.37 Å². The van der Waals surface area contributed by atoms with Crippen LogP contribution < -0.4 is 0 Å². The van der Waals surface area contributed by atoms with Crippen LogP contribution >= 0.6 is 0 Å². The largest absolute Gasteiger partial charge is 0.384 e. The summed E-state index contributed by atoms with van der Waals surface area (Å²) in [6, 6.07) is 15.6. The summed E-state index contributed by atoms with van der Waals surface area (Å²) in [6.07, 6.45) is 2.11. The summed E-state index contributed by atoms with van der Waals surface area (Å²) in [5.74, 6) is 0.245. The van der Waals surface area contributed by atoms with E-state index in [0.717, 1.165) is 11.1 Å². The summed E-state index contributed by atoms with van der Waals surface area (Å²) in [5.41, 5.74) is 0.480. The topological polar surface area (TPSA) is 61.8 Å². The van der Waals surface area contributed by atoms with Gasteiger partial charge in [-0.15, -0.1) is 0 Å². The van der Waals surface area contributed by atoms with Crippen LogP contribution in [0.3, 0.4) is 0 Å². The van der Waals surface area contributed by atoms with Crippen LogP contribution in [0, 0.1) is 5.82 Å². The van der Waals surface area contributed by atoms with Crippen molar-refractivity contribution >= 4 is 0 Å². The van der Waals surface area contributed by atoms with Gasteiger partial charge < -0.3 is 5.11 Å². The average molecular weight is 297 g/mol. The zero-order chi connectivity index (χ0) is 15.4. The van der Waals surface area contributed by atoms with E-state index in [0.29, 0.717) is 12.2 Å². The maximum atomic E-state index is 13.1. The molecule has 4 nitrogen and oxygen atoms in total. The number of nitrogens with zero attached hydrogens (tertiary/aromatic N) is 2. The second kappa shape index (κ2) is 6.07. The minimum Gasteiger partial charge on any atom is -0.384 e. The Bertz CT molecular complexity index is 713. The molecule has 0 aliphatic rings. The maximum Gasteiger partial charge on any atom is 0.153 e. The molecule has 0 saturated heterocycles. The van der Waals surface area contributed by atoms with Gasteiger partial charge in [0.25, 0.3) is 0 Å². The molecule has 22 heavy (non-hydrogen) atoms. The van der Waals surface area contributed by atoms with Gasteiger partial charge in [-0.1, -0.05) is 42.5 Å². The Kier molecular flexibility index (Phi) is 3.98. The molecule has 0 radical (unpaired) electrons. The van der Waals surface area contributed by atoms with Gasteiger partial charge in [-0.3, -0.25) is 5.10 Å². The van der Waals surface area contributed by atoms with Gasteiger partial charge in [-0.2, -0.15) is 5.10 Å². The number of hydrogen-bond donors (Lipinski definition) is 2. The smallest absolute Gasteiger partial charge is 0.153 e. The van der Waals surface area contributed by atoms with Crippen LogP contribution in [0.25, 0.3) is 0 Å². The maximum absolute atomic E-state index is 13.1. The predicted octanol–water partition coefficient (Wildman–Crippen LogP) is 2.62. The quantitative estimate of drug-likeness (QED) is 0.761. The Morgan fingerprint density at radius 3 is 2.36 bits per heavy atom. The van der Waals surface area contributed by atoms with Gasteiger partial charge in [0.2, 0.25) is 0 Å². The number of aliphatic hydroxyl groups is 1. The molecule has 112 valence electrons. The SMILES string of the molecule is OC(Cc1ccc(F)cc1)(Cc1nc[nH]n1)c1ccccc1. The summed E-state index contributed by atoms with van der Waals surface area (Å²) < 4.78 is 13.1. The molecule has 0 bridgehead atoms. The Morgan fingerprint density at radius 2 is 1.73 bits per heavy atom. The van der Waals surface area contributed by atoms with Crippen molar-refractivity contribution in [2.24, 2.45) is 0 Å². The first-order valence-electron chi connectivity index (χ1n) is 7.03. The number of benzene rings is 2. The summed E-state index contributed by atoms with van der Waals surface area (Å²) >= 11 is 0. The lowest BCUT2D eigenvalue weighted by Gasteiger charge is -2.28. The zero-order valence-electron chi connectivity index (χ0n) is 11.9. The zero-order valence-corrected chi connectivity index (χ0v) is 11.9. The molecule has 0 fully saturated rings. The fourth-order valence-electron chi connectivity index (χ4n) is 2.54. The highest BCUT2D eigenvalue weighted by atomic mass is 19.1. The Hall–Kier alpha value is -2.53. The average Bonchev–Trinajstić information content (AvgIpc) is 3.03. The number of nitrogens with one attached hydrogen (secondary N) is 1. The fourth-order valence-corrected chi connectivity index (χ4v) is 2.54. The number of rotatable bonds is 5. The van der Waals surface area contributed by atoms with E-state index in [2.05, 4.69) is 15.2 Å². The van der Waals surface area contributed by atoms with Gasteiger partial charge in [0.15, 0.2) is 5.82 Å². The molecule has 2 N–H and O–H groups in total. The minimum absolute atomic E-state index is 0.276. The van der Waals surface area contributed by atoms with Crippen LogP contribution in [0.4, 0.5) is 4.39 Å². The van der Waals surface area contributed by atoms with E-state index in [1.165, 1.54) is 18.5 Å². The lowest BCUT2D eigenvalue weighted by molar-refractivity contribution is 0.0351. The van der Waals surface area contributed by atoms with Crippen molar-refractivity contribution in [1.29, 1.82) is 0 Å². The first-order chi connectivity index (χ1) is 10.7. The first kappa shape index (κ1) is 14.4. The lowest BCUT2D eigenvalue weighted by atomic mass is 9.84. The molecule has 2 aromatic carbocycles. The summed E-state index contributed by atoms with van der Waals surface area (Å²) in [7, 11) is 0. The van der Waals surface area contributed by atoms with E-state index in [1.807, 2.05) is 30.3 Å². The number of aromatic nitrogens is 3. The van der Waals surface area contributed by atoms with E-state index >= 15 is 0 Å². The highest BCUT2D eigenvalue weighted by Gasteiger charge is 2.31. The number of aromatic amines is 1. The first-order valence-corrected chi connectivity index (χ1v) is 7.03. The highest BCUT2D eigenvalue weighted by Crippen LogP contribution is 2.29. The van der Waals surface area contributed by atoms with E-state index in [4.69, 9.17) is 0 Å². The third-order valence-electron chi connectivity index (χ3n) is 3.64. The third-order valence-corrected chi connectivity index (χ3v) is 3.64. The van der Waals surface area contributed by atoms with Gasteiger partial charge >= 0.3 is 0 Å². The molecular weight excluding hydrogens is 281 g/mol. The van der Waals surface area contributed by atoms with Gasteiger partial charge in [0, 0.05) is 12.8 Å². The van der Waals surface area contributed by atoms with Crippen molar-refractivity contribution in [3.63, 3.8) is 0 Å². The number of H-pyrrole nitrogens is 1. The van der Waals surface area contributed by atoms with Crippen molar-refractivity contribution in [1.82, 2.24) is 15.2 Å². The molecule has 1 atom stereocenters. The Labute approximate surface area is 127 Å². The van der Waals surface area contributed by atoms with Crippen molar-refractivity contribution in [2.45, 2.75) is 18.4 Å².